The van der Waals surface area contributed by atoms with Gasteiger partial charge in [0.15, 0.2) is 0 Å². The first kappa shape index (κ1) is 18.2. The second-order valence-electron chi connectivity index (χ2n) is 7.33. The molecule has 0 saturated heterocycles. The van der Waals surface area contributed by atoms with Crippen molar-refractivity contribution in [1.82, 2.24) is 9.97 Å². The number of nitrogens with one attached hydrogen (secondary N) is 1. The zero-order valence-electron chi connectivity index (χ0n) is 16.0. The number of aromatic nitrogens is 2. The minimum absolute atomic E-state index is 0.0265. The number of hydrogen-bond acceptors (Lipinski definition) is 4. The maximum absolute atomic E-state index is 4.94. The molecule has 0 bridgehead atoms. The number of hydrogen-bond donors (Lipinski definition) is 1. The summed E-state index contributed by atoms with van der Waals surface area (Å²) in [6.07, 6.45) is 6.07. The molecule has 136 valence electrons. The van der Waals surface area contributed by atoms with E-state index in [-0.39, 0.29) is 5.54 Å². The fourth-order valence-corrected chi connectivity index (χ4v) is 3.74. The summed E-state index contributed by atoms with van der Waals surface area (Å²) in [6.45, 7) is 14.9. The summed E-state index contributed by atoms with van der Waals surface area (Å²) in [5, 5.41) is 3.37. The van der Waals surface area contributed by atoms with Gasteiger partial charge in [0, 0.05) is 11.7 Å². The Morgan fingerprint density at radius 2 is 2.08 bits per heavy atom. The van der Waals surface area contributed by atoms with Gasteiger partial charge >= 0.3 is 0 Å². The van der Waals surface area contributed by atoms with Crippen LogP contribution in [-0.4, -0.2) is 15.5 Å². The average molecular weight is 348 g/mol. The lowest BCUT2D eigenvalue weighted by Crippen LogP contribution is -2.50. The van der Waals surface area contributed by atoms with Crippen molar-refractivity contribution in [2.24, 2.45) is 0 Å². The summed E-state index contributed by atoms with van der Waals surface area (Å²) in [5.41, 5.74) is 3.13. The highest BCUT2D eigenvalue weighted by Gasteiger charge is 2.38. The Balaban J connectivity index is 2.03. The monoisotopic (exact) mass is 348 g/mol. The first-order chi connectivity index (χ1) is 12.4. The largest absolute Gasteiger partial charge is 0.327 e. The lowest BCUT2D eigenvalue weighted by Gasteiger charge is -2.47. The molecular weight excluding hydrogens is 320 g/mol. The van der Waals surface area contributed by atoms with Gasteiger partial charge in [-0.05, 0) is 62.4 Å². The van der Waals surface area contributed by atoms with E-state index in [0.29, 0.717) is 0 Å². The second kappa shape index (κ2) is 7.32. The van der Waals surface area contributed by atoms with Crippen LogP contribution >= 0.6 is 0 Å². The van der Waals surface area contributed by atoms with E-state index < -0.39 is 0 Å². The molecular formula is C22H28N4. The van der Waals surface area contributed by atoms with Crippen molar-refractivity contribution in [1.29, 1.82) is 0 Å². The number of allylic oxidation sites excluding steroid dienone is 1. The van der Waals surface area contributed by atoms with E-state index in [1.807, 2.05) is 25.1 Å². The van der Waals surface area contributed by atoms with Crippen molar-refractivity contribution >= 4 is 17.2 Å². The number of fused-ring (bicyclic) bond motifs is 1. The van der Waals surface area contributed by atoms with Gasteiger partial charge in [-0.15, -0.1) is 0 Å². The highest BCUT2D eigenvalue weighted by molar-refractivity contribution is 5.66. The highest BCUT2D eigenvalue weighted by Crippen LogP contribution is 2.41. The van der Waals surface area contributed by atoms with Crippen molar-refractivity contribution < 1.29 is 0 Å². The van der Waals surface area contributed by atoms with Crippen LogP contribution in [0.15, 0.2) is 55.5 Å². The van der Waals surface area contributed by atoms with Crippen LogP contribution in [0.4, 0.5) is 11.6 Å². The van der Waals surface area contributed by atoms with Crippen molar-refractivity contribution in [3.05, 3.63) is 66.8 Å². The fourth-order valence-electron chi connectivity index (χ4n) is 3.74. The Morgan fingerprint density at radius 1 is 1.27 bits per heavy atom. The zero-order chi connectivity index (χ0) is 18.7. The number of nitrogens with zero attached hydrogens (tertiary/aromatic N) is 3. The van der Waals surface area contributed by atoms with Gasteiger partial charge in [0.1, 0.15) is 17.5 Å². The average Bonchev–Trinajstić information content (AvgIpc) is 2.61. The molecule has 0 spiro atoms. The van der Waals surface area contributed by atoms with Gasteiger partial charge in [-0.3, -0.25) is 0 Å². The van der Waals surface area contributed by atoms with E-state index in [4.69, 9.17) is 4.98 Å². The van der Waals surface area contributed by atoms with Gasteiger partial charge in [-0.25, -0.2) is 9.97 Å². The van der Waals surface area contributed by atoms with Gasteiger partial charge in [0.05, 0.1) is 5.69 Å². The van der Waals surface area contributed by atoms with Crippen LogP contribution in [0.25, 0.3) is 5.57 Å². The summed E-state index contributed by atoms with van der Waals surface area (Å²) in [7, 11) is 0. The molecule has 1 N–H and O–H groups in total. The molecule has 4 heteroatoms. The van der Waals surface area contributed by atoms with Crippen LogP contribution in [0.1, 0.15) is 51.3 Å². The first-order valence-electron chi connectivity index (χ1n) is 9.27. The standard InChI is InChI=1S/C22H28N4/c1-6-13-22(5)14-12-18-10-11-19(16(2)3)25-21(18)26(22)17(4)24-20-9-7-8-15-23-20/h7-11,15H,2,4,6,12-14H2,1,3,5H3,(H,23,24)/t22-/m0/s1. The highest BCUT2D eigenvalue weighted by atomic mass is 15.3. The Hall–Kier alpha value is -2.62. The van der Waals surface area contributed by atoms with E-state index in [9.17, 15) is 0 Å². The molecule has 0 amide bonds. The summed E-state index contributed by atoms with van der Waals surface area (Å²) < 4.78 is 0. The van der Waals surface area contributed by atoms with Gasteiger partial charge in [-0.2, -0.15) is 0 Å². The maximum atomic E-state index is 4.94. The topological polar surface area (TPSA) is 41.1 Å². The number of pyridine rings is 2. The molecule has 2 aromatic rings. The van der Waals surface area contributed by atoms with Crippen LogP contribution < -0.4 is 10.2 Å². The van der Waals surface area contributed by atoms with E-state index in [1.165, 1.54) is 5.56 Å². The quantitative estimate of drug-likeness (QED) is 0.758. The lowest BCUT2D eigenvalue weighted by atomic mass is 9.83. The molecule has 1 aliphatic rings. The molecule has 0 aliphatic carbocycles. The molecule has 3 heterocycles. The zero-order valence-corrected chi connectivity index (χ0v) is 16.0. The molecule has 0 unspecified atom stereocenters. The fraction of sp³-hybridized carbons (Fsp3) is 0.364. The van der Waals surface area contributed by atoms with Crippen molar-refractivity contribution in [3.8, 4) is 0 Å². The number of aryl methyl sites for hydroxylation is 1. The van der Waals surface area contributed by atoms with Crippen LogP contribution in [0.2, 0.25) is 0 Å². The smallest absolute Gasteiger partial charge is 0.138 e. The second-order valence-corrected chi connectivity index (χ2v) is 7.33. The predicted molar refractivity (Wildman–Crippen MR) is 110 cm³/mol. The minimum Gasteiger partial charge on any atom is -0.327 e. The summed E-state index contributed by atoms with van der Waals surface area (Å²) in [5.74, 6) is 2.59. The Labute approximate surface area is 156 Å². The number of anilines is 2. The molecule has 1 aliphatic heterocycles. The van der Waals surface area contributed by atoms with Gasteiger partial charge in [-0.1, -0.05) is 38.6 Å². The molecule has 0 fully saturated rings. The van der Waals surface area contributed by atoms with E-state index in [1.54, 1.807) is 6.20 Å². The predicted octanol–water partition coefficient (Wildman–Crippen LogP) is 5.40. The van der Waals surface area contributed by atoms with E-state index in [2.05, 4.69) is 54.3 Å². The molecule has 0 aromatic carbocycles. The van der Waals surface area contributed by atoms with E-state index >= 15 is 0 Å². The lowest BCUT2D eigenvalue weighted by molar-refractivity contribution is 0.364. The Morgan fingerprint density at radius 3 is 2.73 bits per heavy atom. The van der Waals surface area contributed by atoms with Crippen LogP contribution in [0.3, 0.4) is 0 Å². The molecule has 2 aromatic heterocycles. The molecule has 26 heavy (non-hydrogen) atoms. The van der Waals surface area contributed by atoms with Crippen molar-refractivity contribution in [3.63, 3.8) is 0 Å². The number of rotatable bonds is 6. The Bertz CT molecular complexity index is 812. The van der Waals surface area contributed by atoms with E-state index in [0.717, 1.165) is 54.4 Å². The SMILES string of the molecule is C=C(C)c1ccc2c(n1)N(C(=C)Nc1ccccn1)[C@@](C)(CCC)CC2. The molecule has 0 radical (unpaired) electrons. The summed E-state index contributed by atoms with van der Waals surface area (Å²) in [6, 6.07) is 10.1. The van der Waals surface area contributed by atoms with Crippen LogP contribution in [-0.2, 0) is 6.42 Å². The van der Waals surface area contributed by atoms with Crippen LogP contribution in [0.5, 0.6) is 0 Å². The maximum Gasteiger partial charge on any atom is 0.138 e. The third-order valence-corrected chi connectivity index (χ3v) is 5.07. The van der Waals surface area contributed by atoms with Crippen molar-refractivity contribution in [2.75, 3.05) is 10.2 Å². The normalized spacial score (nSPS) is 19.0. The van der Waals surface area contributed by atoms with Crippen LogP contribution in [0, 0.1) is 0 Å². The van der Waals surface area contributed by atoms with Gasteiger partial charge in [0.25, 0.3) is 0 Å². The van der Waals surface area contributed by atoms with Crippen molar-refractivity contribution in [2.45, 2.75) is 52.0 Å². The third kappa shape index (κ3) is 3.50. The van der Waals surface area contributed by atoms with Gasteiger partial charge in [0.2, 0.25) is 0 Å². The first-order valence-corrected chi connectivity index (χ1v) is 9.27. The summed E-state index contributed by atoms with van der Waals surface area (Å²) in [4.78, 5) is 11.6. The third-order valence-electron chi connectivity index (χ3n) is 5.07. The Kier molecular flexibility index (Phi) is 5.12. The summed E-state index contributed by atoms with van der Waals surface area (Å²) >= 11 is 0. The molecule has 0 saturated carbocycles. The minimum atomic E-state index is -0.0265. The molecule has 4 nitrogen and oxygen atoms in total. The molecule has 3 rings (SSSR count). The van der Waals surface area contributed by atoms with Gasteiger partial charge < -0.3 is 10.2 Å². The molecule has 1 atom stereocenters.